The monoisotopic (exact) mass is 302 g/mol. The molecule has 0 bridgehead atoms. The van der Waals surface area contributed by atoms with Crippen molar-refractivity contribution >= 4 is 17.7 Å². The van der Waals surface area contributed by atoms with Gasteiger partial charge in [-0.25, -0.2) is 9.18 Å². The van der Waals surface area contributed by atoms with Crippen LogP contribution in [0.15, 0.2) is 41.3 Å². The van der Waals surface area contributed by atoms with E-state index in [0.717, 1.165) is 23.8 Å². The summed E-state index contributed by atoms with van der Waals surface area (Å²) in [7, 11) is 0. The maximum absolute atomic E-state index is 13.2. The molecule has 0 aliphatic heterocycles. The first-order chi connectivity index (χ1) is 10.1. The van der Waals surface area contributed by atoms with Crippen LogP contribution in [0.2, 0.25) is 0 Å². The quantitative estimate of drug-likeness (QED) is 0.855. The number of aryl methyl sites for hydroxylation is 2. The summed E-state index contributed by atoms with van der Waals surface area (Å²) in [5, 5.41) is 9.14. The highest BCUT2D eigenvalue weighted by molar-refractivity contribution is 7.98. The molecule has 0 radical (unpaired) electrons. The van der Waals surface area contributed by atoms with Gasteiger partial charge in [0.05, 0.1) is 5.56 Å². The van der Waals surface area contributed by atoms with Gasteiger partial charge in [0, 0.05) is 10.6 Å². The van der Waals surface area contributed by atoms with E-state index < -0.39 is 11.8 Å². The smallest absolute Gasteiger partial charge is 0.336 e. The number of hydrogen-bond donors (Lipinski definition) is 1. The minimum Gasteiger partial charge on any atom is -0.478 e. The lowest BCUT2D eigenvalue weighted by molar-refractivity contribution is 0.0695. The molecule has 1 aliphatic carbocycles. The fourth-order valence-electron chi connectivity index (χ4n) is 2.67. The molecule has 4 heteroatoms. The fraction of sp³-hybridized carbons (Fsp3) is 0.235. The Balaban J connectivity index is 1.77. The van der Waals surface area contributed by atoms with Crippen molar-refractivity contribution in [1.82, 2.24) is 0 Å². The predicted molar refractivity (Wildman–Crippen MR) is 81.4 cm³/mol. The summed E-state index contributed by atoms with van der Waals surface area (Å²) in [4.78, 5) is 12.3. The number of benzene rings is 2. The zero-order valence-electron chi connectivity index (χ0n) is 11.4. The van der Waals surface area contributed by atoms with Crippen molar-refractivity contribution in [3.63, 3.8) is 0 Å². The highest BCUT2D eigenvalue weighted by atomic mass is 32.2. The van der Waals surface area contributed by atoms with Crippen LogP contribution in [0.25, 0.3) is 0 Å². The molecule has 1 aliphatic rings. The summed E-state index contributed by atoms with van der Waals surface area (Å²) in [5.74, 6) is -1.07. The molecular weight excluding hydrogens is 287 g/mol. The van der Waals surface area contributed by atoms with Gasteiger partial charge in [-0.3, -0.25) is 0 Å². The van der Waals surface area contributed by atoms with E-state index in [1.54, 1.807) is 17.8 Å². The summed E-state index contributed by atoms with van der Waals surface area (Å²) >= 11 is 1.59. The molecule has 0 fully saturated rings. The first-order valence-corrected chi connectivity index (χ1v) is 7.88. The Hall–Kier alpha value is -1.81. The van der Waals surface area contributed by atoms with Gasteiger partial charge in [-0.05, 0) is 60.2 Å². The molecule has 21 heavy (non-hydrogen) atoms. The molecule has 2 nitrogen and oxygen atoms in total. The molecule has 3 rings (SSSR count). The van der Waals surface area contributed by atoms with E-state index in [2.05, 4.69) is 18.2 Å². The number of rotatable bonds is 4. The molecule has 108 valence electrons. The van der Waals surface area contributed by atoms with Crippen LogP contribution in [0, 0.1) is 5.82 Å². The Kier molecular flexibility index (Phi) is 3.97. The van der Waals surface area contributed by atoms with Crippen LogP contribution in [0.5, 0.6) is 0 Å². The molecule has 1 N–H and O–H groups in total. The highest BCUT2D eigenvalue weighted by Crippen LogP contribution is 2.30. The minimum atomic E-state index is -1.08. The van der Waals surface area contributed by atoms with Gasteiger partial charge in [-0.1, -0.05) is 12.1 Å². The van der Waals surface area contributed by atoms with Gasteiger partial charge in [0.15, 0.2) is 0 Å². The number of hydrogen-bond acceptors (Lipinski definition) is 2. The van der Waals surface area contributed by atoms with Crippen molar-refractivity contribution < 1.29 is 14.3 Å². The Morgan fingerprint density at radius 3 is 2.76 bits per heavy atom. The van der Waals surface area contributed by atoms with E-state index in [4.69, 9.17) is 5.11 Å². The summed E-state index contributed by atoms with van der Waals surface area (Å²) in [6, 6.07) is 10.4. The van der Waals surface area contributed by atoms with E-state index in [0.29, 0.717) is 11.3 Å². The van der Waals surface area contributed by atoms with Gasteiger partial charge in [0.2, 0.25) is 0 Å². The minimum absolute atomic E-state index is 0.0451. The van der Waals surface area contributed by atoms with Crippen LogP contribution in [0.1, 0.15) is 33.5 Å². The third-order valence-corrected chi connectivity index (χ3v) is 4.81. The number of carbonyl (C=O) groups is 1. The van der Waals surface area contributed by atoms with Gasteiger partial charge in [0.25, 0.3) is 0 Å². The third-order valence-electron chi connectivity index (χ3n) is 3.77. The van der Waals surface area contributed by atoms with Crippen molar-refractivity contribution in [3.05, 3.63) is 64.5 Å². The first-order valence-electron chi connectivity index (χ1n) is 6.90. The lowest BCUT2D eigenvalue weighted by atomic mass is 10.1. The second kappa shape index (κ2) is 5.90. The molecule has 0 aromatic heterocycles. The van der Waals surface area contributed by atoms with Crippen LogP contribution >= 0.6 is 11.8 Å². The van der Waals surface area contributed by atoms with Crippen molar-refractivity contribution in [3.8, 4) is 0 Å². The summed E-state index contributed by atoms with van der Waals surface area (Å²) < 4.78 is 13.2. The van der Waals surface area contributed by atoms with E-state index in [1.165, 1.54) is 23.6 Å². The van der Waals surface area contributed by atoms with Crippen molar-refractivity contribution in [2.75, 3.05) is 0 Å². The molecule has 2 aromatic rings. The normalized spacial score (nSPS) is 13.2. The maximum atomic E-state index is 13.2. The summed E-state index contributed by atoms with van der Waals surface area (Å²) in [6.45, 7) is 0. The molecular formula is C17H15FO2S. The van der Waals surface area contributed by atoms with Crippen molar-refractivity contribution in [1.29, 1.82) is 0 Å². The fourth-order valence-corrected chi connectivity index (χ4v) is 3.64. The first kappa shape index (κ1) is 14.1. The molecule has 0 spiro atoms. The van der Waals surface area contributed by atoms with Crippen LogP contribution in [-0.2, 0) is 18.6 Å². The van der Waals surface area contributed by atoms with Crippen molar-refractivity contribution in [2.45, 2.75) is 29.9 Å². The number of carboxylic acids is 1. The van der Waals surface area contributed by atoms with Gasteiger partial charge in [0.1, 0.15) is 5.82 Å². The molecule has 0 atom stereocenters. The summed E-state index contributed by atoms with van der Waals surface area (Å²) in [5.41, 5.74) is 3.52. The molecule has 0 saturated carbocycles. The second-order valence-corrected chi connectivity index (χ2v) is 6.23. The number of halogens is 1. The zero-order valence-corrected chi connectivity index (χ0v) is 12.3. The topological polar surface area (TPSA) is 37.3 Å². The zero-order chi connectivity index (χ0) is 14.8. The largest absolute Gasteiger partial charge is 0.478 e. The Morgan fingerprint density at radius 2 is 1.95 bits per heavy atom. The number of carboxylic acid groups (broad SMARTS) is 1. The van der Waals surface area contributed by atoms with Crippen LogP contribution in [-0.4, -0.2) is 11.1 Å². The standard InChI is InChI=1S/C17H15FO2S/c18-14-6-4-13(16(9-14)17(19)20)10-21-15-7-5-11-2-1-3-12(11)8-15/h4-9H,1-3,10H2,(H,19,20). The van der Waals surface area contributed by atoms with Crippen molar-refractivity contribution in [2.24, 2.45) is 0 Å². The van der Waals surface area contributed by atoms with E-state index in [1.807, 2.05) is 0 Å². The second-order valence-electron chi connectivity index (χ2n) is 5.18. The van der Waals surface area contributed by atoms with E-state index in [9.17, 15) is 9.18 Å². The van der Waals surface area contributed by atoms with E-state index in [-0.39, 0.29) is 5.56 Å². The average molecular weight is 302 g/mol. The number of fused-ring (bicyclic) bond motifs is 1. The maximum Gasteiger partial charge on any atom is 0.336 e. The number of aromatic carboxylic acids is 1. The Morgan fingerprint density at radius 1 is 1.14 bits per heavy atom. The van der Waals surface area contributed by atoms with Crippen LogP contribution in [0.4, 0.5) is 4.39 Å². The van der Waals surface area contributed by atoms with Crippen LogP contribution < -0.4 is 0 Å². The van der Waals surface area contributed by atoms with Crippen LogP contribution in [0.3, 0.4) is 0 Å². The average Bonchev–Trinajstić information content (AvgIpc) is 2.93. The lowest BCUT2D eigenvalue weighted by Gasteiger charge is -2.08. The summed E-state index contributed by atoms with van der Waals surface area (Å²) in [6.07, 6.45) is 3.49. The Bertz CT molecular complexity index is 697. The SMILES string of the molecule is O=C(O)c1cc(F)ccc1CSc1ccc2c(c1)CCC2. The van der Waals surface area contributed by atoms with Gasteiger partial charge < -0.3 is 5.11 Å². The highest BCUT2D eigenvalue weighted by Gasteiger charge is 2.13. The number of thioether (sulfide) groups is 1. The van der Waals surface area contributed by atoms with Gasteiger partial charge in [-0.15, -0.1) is 11.8 Å². The van der Waals surface area contributed by atoms with Gasteiger partial charge >= 0.3 is 5.97 Å². The van der Waals surface area contributed by atoms with E-state index >= 15 is 0 Å². The molecule has 0 saturated heterocycles. The third kappa shape index (κ3) is 3.10. The molecule has 2 aromatic carbocycles. The molecule has 0 heterocycles. The Labute approximate surface area is 127 Å². The van der Waals surface area contributed by atoms with Gasteiger partial charge in [-0.2, -0.15) is 0 Å². The molecule has 0 unspecified atom stereocenters. The predicted octanol–water partition coefficient (Wildman–Crippen LogP) is 4.30. The molecule has 0 amide bonds. The lowest BCUT2D eigenvalue weighted by Crippen LogP contribution is -2.02.